The Labute approximate surface area is 161 Å². The molecule has 0 aliphatic heterocycles. The van der Waals surface area contributed by atoms with Gasteiger partial charge in [0.1, 0.15) is 0 Å². The predicted octanol–water partition coefficient (Wildman–Crippen LogP) is 3.16. The Morgan fingerprint density at radius 3 is 2.50 bits per heavy atom. The first-order valence-electron chi connectivity index (χ1n) is 8.45. The zero-order valence-electron chi connectivity index (χ0n) is 15.3. The van der Waals surface area contributed by atoms with Crippen molar-refractivity contribution in [1.29, 1.82) is 0 Å². The Hall–Kier alpha value is -3.11. The summed E-state index contributed by atoms with van der Waals surface area (Å²) in [5.41, 5.74) is 1.64. The van der Waals surface area contributed by atoms with Crippen LogP contribution in [0.25, 0.3) is 11.4 Å². The maximum absolute atomic E-state index is 12.8. The molecule has 2 aromatic carbocycles. The number of hydrogen-bond acceptors (Lipinski definition) is 7. The topological polar surface area (TPSA) is 119 Å². The summed E-state index contributed by atoms with van der Waals surface area (Å²) in [5, 5.41) is 14.7. The summed E-state index contributed by atoms with van der Waals surface area (Å²) in [6, 6.07) is 12.3. The van der Waals surface area contributed by atoms with Crippen molar-refractivity contribution in [3.63, 3.8) is 0 Å². The molecule has 0 aliphatic carbocycles. The largest absolute Gasteiger partial charge is 0.338 e. The van der Waals surface area contributed by atoms with E-state index in [9.17, 15) is 18.5 Å². The van der Waals surface area contributed by atoms with Gasteiger partial charge in [-0.25, -0.2) is 8.42 Å². The molecule has 0 aliphatic rings. The molecular weight excluding hydrogens is 384 g/mol. The highest BCUT2D eigenvalue weighted by Crippen LogP contribution is 2.22. The average Bonchev–Trinajstić information content (AvgIpc) is 3.15. The van der Waals surface area contributed by atoms with Crippen LogP contribution in [0.4, 0.5) is 5.69 Å². The second-order valence-corrected chi connectivity index (χ2v) is 8.00. The van der Waals surface area contributed by atoms with E-state index in [-0.39, 0.29) is 29.6 Å². The normalized spacial score (nSPS) is 11.7. The van der Waals surface area contributed by atoms with Crippen molar-refractivity contribution in [2.45, 2.75) is 25.3 Å². The fourth-order valence-electron chi connectivity index (χ4n) is 2.63. The van der Waals surface area contributed by atoms with E-state index in [0.29, 0.717) is 5.82 Å². The van der Waals surface area contributed by atoms with Gasteiger partial charge in [0.15, 0.2) is 0 Å². The van der Waals surface area contributed by atoms with E-state index in [0.717, 1.165) is 23.3 Å². The number of benzene rings is 2. The molecular formula is C18H18N4O5S. The molecule has 0 bridgehead atoms. The van der Waals surface area contributed by atoms with Gasteiger partial charge in [0.2, 0.25) is 21.7 Å². The van der Waals surface area contributed by atoms with Gasteiger partial charge >= 0.3 is 0 Å². The summed E-state index contributed by atoms with van der Waals surface area (Å²) < 4.78 is 32.1. The summed E-state index contributed by atoms with van der Waals surface area (Å²) in [6.07, 6.45) is 0. The second-order valence-electron chi connectivity index (χ2n) is 6.06. The van der Waals surface area contributed by atoms with E-state index in [4.69, 9.17) is 4.52 Å². The molecule has 0 atom stereocenters. The van der Waals surface area contributed by atoms with E-state index in [1.807, 2.05) is 31.2 Å². The van der Waals surface area contributed by atoms with Crippen molar-refractivity contribution >= 4 is 15.7 Å². The molecule has 10 heteroatoms. The van der Waals surface area contributed by atoms with Crippen molar-refractivity contribution in [3.05, 3.63) is 70.1 Å². The number of nitro groups is 1. The zero-order chi connectivity index (χ0) is 20.3. The Morgan fingerprint density at radius 1 is 1.18 bits per heavy atom. The molecule has 9 nitrogen and oxygen atoms in total. The lowest BCUT2D eigenvalue weighted by Gasteiger charge is -2.18. The molecule has 3 rings (SSSR count). The number of non-ortho nitro benzene ring substituents is 1. The minimum absolute atomic E-state index is 0.0432. The fraction of sp³-hybridized carbons (Fsp3) is 0.222. The highest BCUT2D eigenvalue weighted by molar-refractivity contribution is 7.89. The molecule has 3 aromatic rings. The molecule has 0 saturated heterocycles. The lowest BCUT2D eigenvalue weighted by atomic mass is 10.1. The molecule has 1 heterocycles. The van der Waals surface area contributed by atoms with Gasteiger partial charge in [-0.2, -0.15) is 9.29 Å². The average molecular weight is 402 g/mol. The van der Waals surface area contributed by atoms with Crippen LogP contribution in [0.15, 0.2) is 57.9 Å². The minimum atomic E-state index is -3.87. The maximum Gasteiger partial charge on any atom is 0.269 e. The summed E-state index contributed by atoms with van der Waals surface area (Å²) in [4.78, 5) is 14.4. The van der Waals surface area contributed by atoms with Crippen LogP contribution in [0.3, 0.4) is 0 Å². The van der Waals surface area contributed by atoms with E-state index in [1.54, 1.807) is 6.92 Å². The Balaban J connectivity index is 1.83. The van der Waals surface area contributed by atoms with Crippen molar-refractivity contribution in [2.24, 2.45) is 0 Å². The van der Waals surface area contributed by atoms with Crippen LogP contribution in [0.5, 0.6) is 0 Å². The number of hydrogen-bond donors (Lipinski definition) is 0. The highest BCUT2D eigenvalue weighted by Gasteiger charge is 2.26. The van der Waals surface area contributed by atoms with Crippen LogP contribution >= 0.6 is 0 Å². The van der Waals surface area contributed by atoms with Gasteiger partial charge in [0.05, 0.1) is 16.4 Å². The quantitative estimate of drug-likeness (QED) is 0.440. The predicted molar refractivity (Wildman–Crippen MR) is 101 cm³/mol. The van der Waals surface area contributed by atoms with Gasteiger partial charge in [0, 0.05) is 24.2 Å². The molecule has 0 saturated carbocycles. The highest BCUT2D eigenvalue weighted by atomic mass is 32.2. The lowest BCUT2D eigenvalue weighted by molar-refractivity contribution is -0.384. The fourth-order valence-corrected chi connectivity index (χ4v) is 4.03. The number of rotatable bonds is 7. The van der Waals surface area contributed by atoms with Gasteiger partial charge in [-0.15, -0.1) is 0 Å². The van der Waals surface area contributed by atoms with Crippen LogP contribution in [0.2, 0.25) is 0 Å². The first-order valence-corrected chi connectivity index (χ1v) is 9.89. The van der Waals surface area contributed by atoms with Gasteiger partial charge < -0.3 is 4.52 Å². The number of sulfonamides is 1. The van der Waals surface area contributed by atoms with Gasteiger partial charge in [-0.3, -0.25) is 10.1 Å². The third kappa shape index (κ3) is 4.07. The van der Waals surface area contributed by atoms with Crippen molar-refractivity contribution in [1.82, 2.24) is 14.4 Å². The van der Waals surface area contributed by atoms with Crippen molar-refractivity contribution in [2.75, 3.05) is 6.54 Å². The summed E-state index contributed by atoms with van der Waals surface area (Å²) >= 11 is 0. The van der Waals surface area contributed by atoms with E-state index < -0.39 is 14.9 Å². The smallest absolute Gasteiger partial charge is 0.269 e. The first-order chi connectivity index (χ1) is 13.3. The molecule has 0 unspecified atom stereocenters. The first kappa shape index (κ1) is 19.6. The number of nitrogens with zero attached hydrogens (tertiary/aromatic N) is 4. The van der Waals surface area contributed by atoms with E-state index in [1.165, 1.54) is 16.4 Å². The molecule has 0 radical (unpaired) electrons. The monoisotopic (exact) mass is 402 g/mol. The van der Waals surface area contributed by atoms with E-state index >= 15 is 0 Å². The third-order valence-electron chi connectivity index (χ3n) is 4.09. The van der Waals surface area contributed by atoms with Crippen LogP contribution < -0.4 is 0 Å². The summed E-state index contributed by atoms with van der Waals surface area (Å²) in [5.74, 6) is 0.534. The molecule has 0 spiro atoms. The molecule has 1 aromatic heterocycles. The zero-order valence-corrected chi connectivity index (χ0v) is 16.1. The third-order valence-corrected chi connectivity index (χ3v) is 6.03. The summed E-state index contributed by atoms with van der Waals surface area (Å²) in [7, 11) is -3.87. The van der Waals surface area contributed by atoms with Crippen LogP contribution in [-0.2, 0) is 16.6 Å². The molecule has 28 heavy (non-hydrogen) atoms. The minimum Gasteiger partial charge on any atom is -0.338 e. The van der Waals surface area contributed by atoms with Gasteiger partial charge in [0.25, 0.3) is 5.69 Å². The number of aromatic nitrogens is 2. The van der Waals surface area contributed by atoms with Gasteiger partial charge in [-0.05, 0) is 25.1 Å². The number of aryl methyl sites for hydroxylation is 1. The van der Waals surface area contributed by atoms with Crippen LogP contribution in [-0.4, -0.2) is 34.3 Å². The van der Waals surface area contributed by atoms with Crippen LogP contribution in [0.1, 0.15) is 18.4 Å². The standard InChI is InChI=1S/C18H18N4O5S/c1-3-21(28(25,26)16-9-7-15(8-10-16)22(23)24)12-17-19-18(20-27-17)14-6-4-5-13(2)11-14/h4-11H,3,12H2,1-2H3. The molecule has 0 N–H and O–H groups in total. The SMILES string of the molecule is CCN(Cc1nc(-c2cccc(C)c2)no1)S(=O)(=O)c1ccc([N+](=O)[O-])cc1. The maximum atomic E-state index is 12.8. The van der Waals surface area contributed by atoms with Crippen molar-refractivity contribution in [3.8, 4) is 11.4 Å². The Kier molecular flexibility index (Phi) is 5.52. The molecule has 0 fully saturated rings. The molecule has 0 amide bonds. The Bertz CT molecular complexity index is 1090. The van der Waals surface area contributed by atoms with E-state index in [2.05, 4.69) is 10.1 Å². The number of nitro benzene ring substituents is 1. The van der Waals surface area contributed by atoms with Crippen molar-refractivity contribution < 1.29 is 17.9 Å². The molecule has 146 valence electrons. The summed E-state index contributed by atoms with van der Waals surface area (Å²) in [6.45, 7) is 3.69. The van der Waals surface area contributed by atoms with Gasteiger partial charge in [-0.1, -0.05) is 35.8 Å². The van der Waals surface area contributed by atoms with Crippen LogP contribution in [0, 0.1) is 17.0 Å². The Morgan fingerprint density at radius 2 is 1.89 bits per heavy atom. The second kappa shape index (κ2) is 7.87. The lowest BCUT2D eigenvalue weighted by Crippen LogP contribution is -2.30.